The average Bonchev–Trinajstić information content (AvgIpc) is 2.48. The Labute approximate surface area is 115 Å². The van der Waals surface area contributed by atoms with E-state index in [2.05, 4.69) is 12.2 Å². The molecule has 0 heterocycles. The molecule has 0 saturated heterocycles. The van der Waals surface area contributed by atoms with E-state index in [0.29, 0.717) is 12.0 Å². The van der Waals surface area contributed by atoms with Gasteiger partial charge in [0.2, 0.25) is 5.91 Å². The summed E-state index contributed by atoms with van der Waals surface area (Å²) in [7, 11) is 0. The highest BCUT2D eigenvalue weighted by Gasteiger charge is 2.27. The molecule has 3 N–H and O–H groups in total. The summed E-state index contributed by atoms with van der Waals surface area (Å²) in [6.45, 7) is 2.20. The van der Waals surface area contributed by atoms with Crippen LogP contribution in [0.25, 0.3) is 0 Å². The van der Waals surface area contributed by atoms with Crippen LogP contribution in [0.15, 0.2) is 30.3 Å². The molecule has 1 aromatic carbocycles. The fraction of sp³-hybridized carbons (Fsp3) is 0.562. The molecule has 1 fully saturated rings. The van der Waals surface area contributed by atoms with Crippen LogP contribution in [-0.2, 0) is 4.79 Å². The Morgan fingerprint density at radius 3 is 2.68 bits per heavy atom. The van der Waals surface area contributed by atoms with E-state index in [-0.39, 0.29) is 5.91 Å². The van der Waals surface area contributed by atoms with Gasteiger partial charge >= 0.3 is 0 Å². The monoisotopic (exact) mass is 260 g/mol. The molecule has 2 rings (SSSR count). The summed E-state index contributed by atoms with van der Waals surface area (Å²) in [6.07, 6.45) is 5.94. The molecule has 3 atom stereocenters. The number of carbonyl (C=O) groups excluding carboxylic acids is 1. The first-order valence-electron chi connectivity index (χ1n) is 7.33. The number of carbonyl (C=O) groups is 1. The van der Waals surface area contributed by atoms with Gasteiger partial charge in [0.25, 0.3) is 0 Å². The Hall–Kier alpha value is -1.35. The minimum Gasteiger partial charge on any atom is -0.351 e. The fourth-order valence-corrected chi connectivity index (χ4v) is 2.97. The summed E-state index contributed by atoms with van der Waals surface area (Å²) in [4.78, 5) is 12.2. The summed E-state index contributed by atoms with van der Waals surface area (Å²) in [5.74, 6) is 0.567. The number of amides is 1. The second kappa shape index (κ2) is 6.71. The highest BCUT2D eigenvalue weighted by Crippen LogP contribution is 2.27. The molecular formula is C16H24N2O. The molecule has 1 saturated carbocycles. The van der Waals surface area contributed by atoms with E-state index >= 15 is 0 Å². The molecule has 1 aliphatic rings. The zero-order chi connectivity index (χ0) is 13.7. The standard InChI is InChI=1S/C16H24N2O/c1-2-12-8-6-7-11-14(12)18-16(19)15(17)13-9-4-3-5-10-13/h3-5,9-10,12,14-15H,2,6-8,11,17H2,1H3,(H,18,19)/t12?,14?,15-/m1/s1. The molecular weight excluding hydrogens is 236 g/mol. The second-order valence-electron chi connectivity index (χ2n) is 5.46. The van der Waals surface area contributed by atoms with Crippen molar-refractivity contribution in [2.24, 2.45) is 11.7 Å². The topological polar surface area (TPSA) is 55.1 Å². The molecule has 104 valence electrons. The van der Waals surface area contributed by atoms with Crippen molar-refractivity contribution < 1.29 is 4.79 Å². The van der Waals surface area contributed by atoms with E-state index in [9.17, 15) is 4.79 Å². The van der Waals surface area contributed by atoms with Gasteiger partial charge in [0, 0.05) is 6.04 Å². The van der Waals surface area contributed by atoms with Crippen LogP contribution in [0.3, 0.4) is 0 Å². The summed E-state index contributed by atoms with van der Waals surface area (Å²) < 4.78 is 0. The van der Waals surface area contributed by atoms with Gasteiger partial charge in [0.05, 0.1) is 0 Å². The van der Waals surface area contributed by atoms with Gasteiger partial charge in [-0.15, -0.1) is 0 Å². The summed E-state index contributed by atoms with van der Waals surface area (Å²) >= 11 is 0. The lowest BCUT2D eigenvalue weighted by Gasteiger charge is -2.32. The second-order valence-corrected chi connectivity index (χ2v) is 5.46. The van der Waals surface area contributed by atoms with Crippen LogP contribution in [0.5, 0.6) is 0 Å². The van der Waals surface area contributed by atoms with Crippen LogP contribution < -0.4 is 11.1 Å². The number of rotatable bonds is 4. The summed E-state index contributed by atoms with van der Waals surface area (Å²) in [5.41, 5.74) is 6.91. The predicted octanol–water partition coefficient (Wildman–Crippen LogP) is 2.77. The highest BCUT2D eigenvalue weighted by molar-refractivity contribution is 5.83. The van der Waals surface area contributed by atoms with E-state index < -0.39 is 6.04 Å². The third kappa shape index (κ3) is 3.57. The van der Waals surface area contributed by atoms with Crippen molar-refractivity contribution in [2.75, 3.05) is 0 Å². The molecule has 19 heavy (non-hydrogen) atoms. The Balaban J connectivity index is 1.96. The Bertz CT molecular complexity index is 404. The molecule has 1 amide bonds. The van der Waals surface area contributed by atoms with Gasteiger partial charge in [0.15, 0.2) is 0 Å². The maximum Gasteiger partial charge on any atom is 0.241 e. The normalized spacial score (nSPS) is 24.7. The Morgan fingerprint density at radius 1 is 1.32 bits per heavy atom. The molecule has 1 aliphatic carbocycles. The Kier molecular flexibility index (Phi) is 4.97. The number of hydrogen-bond acceptors (Lipinski definition) is 2. The minimum atomic E-state index is -0.555. The van der Waals surface area contributed by atoms with Crippen molar-refractivity contribution in [3.05, 3.63) is 35.9 Å². The van der Waals surface area contributed by atoms with Crippen molar-refractivity contribution in [2.45, 2.75) is 51.1 Å². The van der Waals surface area contributed by atoms with Crippen molar-refractivity contribution >= 4 is 5.91 Å². The maximum atomic E-state index is 12.2. The van der Waals surface area contributed by atoms with Gasteiger partial charge in [0.1, 0.15) is 6.04 Å². The van der Waals surface area contributed by atoms with Crippen LogP contribution in [0.2, 0.25) is 0 Å². The van der Waals surface area contributed by atoms with Gasteiger partial charge in [-0.05, 0) is 24.3 Å². The smallest absolute Gasteiger partial charge is 0.241 e. The SMILES string of the molecule is CCC1CCCCC1NC(=O)[C@H](N)c1ccccc1. The number of nitrogens with two attached hydrogens (primary N) is 1. The van der Waals surface area contributed by atoms with Crippen molar-refractivity contribution in [3.8, 4) is 0 Å². The van der Waals surface area contributed by atoms with Crippen molar-refractivity contribution in [3.63, 3.8) is 0 Å². The van der Waals surface area contributed by atoms with Gasteiger partial charge < -0.3 is 11.1 Å². The molecule has 0 aromatic heterocycles. The first kappa shape index (κ1) is 14.1. The van der Waals surface area contributed by atoms with Gasteiger partial charge in [-0.25, -0.2) is 0 Å². The fourth-order valence-electron chi connectivity index (χ4n) is 2.97. The van der Waals surface area contributed by atoms with E-state index in [0.717, 1.165) is 18.4 Å². The molecule has 3 nitrogen and oxygen atoms in total. The first-order valence-corrected chi connectivity index (χ1v) is 7.33. The summed E-state index contributed by atoms with van der Waals surface area (Å²) in [6, 6.07) is 9.32. The highest BCUT2D eigenvalue weighted by atomic mass is 16.2. The largest absolute Gasteiger partial charge is 0.351 e. The lowest BCUT2D eigenvalue weighted by atomic mass is 9.82. The maximum absolute atomic E-state index is 12.2. The van der Waals surface area contributed by atoms with E-state index in [1.165, 1.54) is 19.3 Å². The number of hydrogen-bond donors (Lipinski definition) is 2. The molecule has 0 radical (unpaired) electrons. The zero-order valence-corrected chi connectivity index (χ0v) is 11.6. The van der Waals surface area contributed by atoms with Crippen LogP contribution in [0.4, 0.5) is 0 Å². The van der Waals surface area contributed by atoms with Gasteiger partial charge in [-0.1, -0.05) is 56.5 Å². The van der Waals surface area contributed by atoms with E-state index in [1.54, 1.807) is 0 Å². The minimum absolute atomic E-state index is 0.0449. The molecule has 0 spiro atoms. The zero-order valence-electron chi connectivity index (χ0n) is 11.6. The third-order valence-corrected chi connectivity index (χ3v) is 4.20. The van der Waals surface area contributed by atoms with Crippen LogP contribution in [-0.4, -0.2) is 11.9 Å². The van der Waals surface area contributed by atoms with Gasteiger partial charge in [-0.3, -0.25) is 4.79 Å². The molecule has 2 unspecified atom stereocenters. The van der Waals surface area contributed by atoms with Crippen molar-refractivity contribution in [1.29, 1.82) is 0 Å². The average molecular weight is 260 g/mol. The van der Waals surface area contributed by atoms with E-state index in [1.807, 2.05) is 30.3 Å². The van der Waals surface area contributed by atoms with E-state index in [4.69, 9.17) is 5.73 Å². The number of benzene rings is 1. The third-order valence-electron chi connectivity index (χ3n) is 4.20. The van der Waals surface area contributed by atoms with Gasteiger partial charge in [-0.2, -0.15) is 0 Å². The van der Waals surface area contributed by atoms with Crippen LogP contribution >= 0.6 is 0 Å². The summed E-state index contributed by atoms with van der Waals surface area (Å²) in [5, 5.41) is 3.15. The van der Waals surface area contributed by atoms with Crippen LogP contribution in [0, 0.1) is 5.92 Å². The molecule has 1 aromatic rings. The lowest BCUT2D eigenvalue weighted by Crippen LogP contribution is -2.45. The predicted molar refractivity (Wildman–Crippen MR) is 77.6 cm³/mol. The number of nitrogens with one attached hydrogen (secondary N) is 1. The molecule has 0 aliphatic heterocycles. The Morgan fingerprint density at radius 2 is 2.00 bits per heavy atom. The quantitative estimate of drug-likeness (QED) is 0.874. The molecule has 0 bridgehead atoms. The lowest BCUT2D eigenvalue weighted by molar-refractivity contribution is -0.123. The van der Waals surface area contributed by atoms with Crippen LogP contribution in [0.1, 0.15) is 50.6 Å². The van der Waals surface area contributed by atoms with Crippen molar-refractivity contribution in [1.82, 2.24) is 5.32 Å². The molecule has 3 heteroatoms. The first-order chi connectivity index (χ1) is 9.22.